The third kappa shape index (κ3) is 9.62. The second-order valence-electron chi connectivity index (χ2n) is 4.24. The van der Waals surface area contributed by atoms with E-state index in [2.05, 4.69) is 11.4 Å². The van der Waals surface area contributed by atoms with Crippen molar-refractivity contribution in [1.29, 1.82) is 10.5 Å². The molecule has 0 aromatic rings. The highest BCUT2D eigenvalue weighted by Gasteiger charge is 2.15. The summed E-state index contributed by atoms with van der Waals surface area (Å²) >= 11 is 0. The Labute approximate surface area is 108 Å². The molecule has 0 aliphatic carbocycles. The molecule has 5 nitrogen and oxygen atoms in total. The molecule has 0 heterocycles. The van der Waals surface area contributed by atoms with E-state index in [0.29, 0.717) is 32.2 Å². The number of hydrogen-bond acceptors (Lipinski definition) is 4. The summed E-state index contributed by atoms with van der Waals surface area (Å²) in [6.07, 6.45) is 4.67. The molecule has 0 rings (SSSR count). The number of aliphatic carboxylic acids is 1. The molecule has 100 valence electrons. The van der Waals surface area contributed by atoms with Gasteiger partial charge in [-0.3, -0.25) is 4.79 Å². The standard InChI is InChI=1S/C13H21N3O2/c14-8-3-1-2-6-12(13(17)18)7-4-10-16-11-5-9-15/h12,16H,1-7,10-11H2,(H,17,18). The Morgan fingerprint density at radius 1 is 1.06 bits per heavy atom. The van der Waals surface area contributed by atoms with Crippen molar-refractivity contribution >= 4 is 5.97 Å². The minimum Gasteiger partial charge on any atom is -0.481 e. The lowest BCUT2D eigenvalue weighted by molar-refractivity contribution is -0.142. The van der Waals surface area contributed by atoms with Crippen LogP contribution in [0.4, 0.5) is 0 Å². The van der Waals surface area contributed by atoms with E-state index >= 15 is 0 Å². The molecule has 0 amide bonds. The minimum atomic E-state index is -0.746. The van der Waals surface area contributed by atoms with Crippen LogP contribution in [-0.4, -0.2) is 24.2 Å². The van der Waals surface area contributed by atoms with Crippen molar-refractivity contribution in [3.63, 3.8) is 0 Å². The van der Waals surface area contributed by atoms with Gasteiger partial charge in [-0.25, -0.2) is 0 Å². The summed E-state index contributed by atoms with van der Waals surface area (Å²) in [5.74, 6) is -1.05. The molecule has 2 N–H and O–H groups in total. The van der Waals surface area contributed by atoms with Crippen molar-refractivity contribution < 1.29 is 9.90 Å². The number of nitrogens with one attached hydrogen (secondary N) is 1. The molecule has 0 saturated heterocycles. The lowest BCUT2D eigenvalue weighted by Gasteiger charge is -2.11. The molecule has 0 saturated carbocycles. The van der Waals surface area contributed by atoms with Crippen LogP contribution < -0.4 is 5.32 Å². The van der Waals surface area contributed by atoms with Crippen LogP contribution >= 0.6 is 0 Å². The van der Waals surface area contributed by atoms with Crippen molar-refractivity contribution in [1.82, 2.24) is 5.32 Å². The average Bonchev–Trinajstić information content (AvgIpc) is 2.35. The third-order valence-corrected chi connectivity index (χ3v) is 2.76. The Morgan fingerprint density at radius 3 is 2.33 bits per heavy atom. The van der Waals surface area contributed by atoms with Crippen LogP contribution in [-0.2, 0) is 4.79 Å². The van der Waals surface area contributed by atoms with E-state index in [4.69, 9.17) is 15.6 Å². The lowest BCUT2D eigenvalue weighted by atomic mass is 9.96. The number of nitriles is 2. The minimum absolute atomic E-state index is 0.304. The zero-order valence-electron chi connectivity index (χ0n) is 10.7. The molecule has 0 aliphatic heterocycles. The third-order valence-electron chi connectivity index (χ3n) is 2.76. The smallest absolute Gasteiger partial charge is 0.306 e. The highest BCUT2D eigenvalue weighted by Crippen LogP contribution is 2.15. The van der Waals surface area contributed by atoms with Crippen molar-refractivity contribution in [2.24, 2.45) is 5.92 Å². The van der Waals surface area contributed by atoms with E-state index in [0.717, 1.165) is 25.8 Å². The van der Waals surface area contributed by atoms with Crippen LogP contribution in [0.5, 0.6) is 0 Å². The number of carbonyl (C=O) groups is 1. The maximum absolute atomic E-state index is 11.0. The number of nitrogens with zero attached hydrogens (tertiary/aromatic N) is 2. The average molecular weight is 251 g/mol. The van der Waals surface area contributed by atoms with E-state index in [-0.39, 0.29) is 5.92 Å². The monoisotopic (exact) mass is 251 g/mol. The molecular weight excluding hydrogens is 230 g/mol. The summed E-state index contributed by atoms with van der Waals surface area (Å²) in [5.41, 5.74) is 0. The van der Waals surface area contributed by atoms with Gasteiger partial charge < -0.3 is 10.4 Å². The fourth-order valence-electron chi connectivity index (χ4n) is 1.73. The van der Waals surface area contributed by atoms with E-state index < -0.39 is 5.97 Å². The van der Waals surface area contributed by atoms with Crippen molar-refractivity contribution in [2.75, 3.05) is 13.1 Å². The molecule has 0 spiro atoms. The first-order valence-electron chi connectivity index (χ1n) is 6.39. The Bertz CT molecular complexity index is 304. The van der Waals surface area contributed by atoms with Gasteiger partial charge in [0.2, 0.25) is 0 Å². The molecular formula is C13H21N3O2. The molecule has 0 radical (unpaired) electrons. The summed E-state index contributed by atoms with van der Waals surface area (Å²) in [7, 11) is 0. The SMILES string of the molecule is N#CCCCCC(CCCNCCC#N)C(=O)O. The van der Waals surface area contributed by atoms with Crippen molar-refractivity contribution in [3.05, 3.63) is 0 Å². The van der Waals surface area contributed by atoms with Crippen LogP contribution in [0, 0.1) is 28.6 Å². The largest absolute Gasteiger partial charge is 0.481 e. The summed E-state index contributed by atoms with van der Waals surface area (Å²) in [5, 5.41) is 28.9. The van der Waals surface area contributed by atoms with Crippen LogP contribution in [0.2, 0.25) is 0 Å². The molecule has 0 aliphatic rings. The highest BCUT2D eigenvalue weighted by atomic mass is 16.4. The molecule has 18 heavy (non-hydrogen) atoms. The quantitative estimate of drug-likeness (QED) is 0.548. The van der Waals surface area contributed by atoms with Gasteiger partial charge in [0.05, 0.1) is 18.1 Å². The van der Waals surface area contributed by atoms with Gasteiger partial charge in [0.15, 0.2) is 0 Å². The lowest BCUT2D eigenvalue weighted by Crippen LogP contribution is -2.19. The number of hydrogen-bond donors (Lipinski definition) is 2. The Balaban J connectivity index is 3.62. The molecule has 5 heteroatoms. The second-order valence-corrected chi connectivity index (χ2v) is 4.24. The van der Waals surface area contributed by atoms with E-state index in [1.54, 1.807) is 0 Å². The van der Waals surface area contributed by atoms with Gasteiger partial charge in [-0.1, -0.05) is 6.42 Å². The summed E-state index contributed by atoms with van der Waals surface area (Å²) < 4.78 is 0. The zero-order chi connectivity index (χ0) is 13.6. The topological polar surface area (TPSA) is 96.9 Å². The van der Waals surface area contributed by atoms with Crippen LogP contribution in [0.25, 0.3) is 0 Å². The van der Waals surface area contributed by atoms with Gasteiger partial charge >= 0.3 is 5.97 Å². The Hall–Kier alpha value is -1.59. The first kappa shape index (κ1) is 16.4. The molecule has 0 aromatic carbocycles. The van der Waals surface area contributed by atoms with Gasteiger partial charge in [-0.15, -0.1) is 0 Å². The van der Waals surface area contributed by atoms with Crippen LogP contribution in [0.3, 0.4) is 0 Å². The second kappa shape index (κ2) is 11.9. The maximum atomic E-state index is 11.0. The van der Waals surface area contributed by atoms with Gasteiger partial charge in [-0.05, 0) is 32.2 Å². The maximum Gasteiger partial charge on any atom is 0.306 e. The Kier molecular flexibility index (Phi) is 10.8. The first-order chi connectivity index (χ1) is 8.72. The summed E-state index contributed by atoms with van der Waals surface area (Å²) in [4.78, 5) is 11.0. The predicted molar refractivity (Wildman–Crippen MR) is 67.5 cm³/mol. The van der Waals surface area contributed by atoms with Gasteiger partial charge in [0.25, 0.3) is 0 Å². The molecule has 0 fully saturated rings. The molecule has 1 unspecified atom stereocenters. The molecule has 1 atom stereocenters. The summed E-state index contributed by atoms with van der Waals surface area (Å²) in [6.45, 7) is 1.42. The van der Waals surface area contributed by atoms with E-state index in [9.17, 15) is 4.79 Å². The summed E-state index contributed by atoms with van der Waals surface area (Å²) in [6, 6.07) is 4.10. The fourth-order valence-corrected chi connectivity index (χ4v) is 1.73. The van der Waals surface area contributed by atoms with Crippen LogP contribution in [0.15, 0.2) is 0 Å². The number of carboxylic acid groups (broad SMARTS) is 1. The number of rotatable bonds is 11. The van der Waals surface area contributed by atoms with Gasteiger partial charge in [0.1, 0.15) is 0 Å². The van der Waals surface area contributed by atoms with Gasteiger partial charge in [0, 0.05) is 19.4 Å². The van der Waals surface area contributed by atoms with E-state index in [1.165, 1.54) is 0 Å². The van der Waals surface area contributed by atoms with Gasteiger partial charge in [-0.2, -0.15) is 10.5 Å². The first-order valence-corrected chi connectivity index (χ1v) is 6.39. The number of unbranched alkanes of at least 4 members (excludes halogenated alkanes) is 2. The van der Waals surface area contributed by atoms with Crippen LogP contribution in [0.1, 0.15) is 44.9 Å². The predicted octanol–water partition coefficient (Wildman–Crippen LogP) is 2.05. The Morgan fingerprint density at radius 2 is 1.72 bits per heavy atom. The number of carboxylic acids is 1. The van der Waals surface area contributed by atoms with E-state index in [1.807, 2.05) is 6.07 Å². The zero-order valence-corrected chi connectivity index (χ0v) is 10.7. The van der Waals surface area contributed by atoms with Crippen molar-refractivity contribution in [2.45, 2.75) is 44.9 Å². The molecule has 0 aromatic heterocycles. The highest BCUT2D eigenvalue weighted by molar-refractivity contribution is 5.69. The molecule has 0 bridgehead atoms. The normalized spacial score (nSPS) is 11.4. The van der Waals surface area contributed by atoms with Crippen molar-refractivity contribution in [3.8, 4) is 12.1 Å². The fraction of sp³-hybridized carbons (Fsp3) is 0.769.